The molecular weight excluding hydrogens is 245 g/mol. The van der Waals surface area contributed by atoms with Crippen molar-refractivity contribution in [3.63, 3.8) is 0 Å². The molecule has 4 nitrogen and oxygen atoms in total. The number of aliphatic imine (C=N–C) groups is 1. The predicted octanol–water partition coefficient (Wildman–Crippen LogP) is 1.74. The summed E-state index contributed by atoms with van der Waals surface area (Å²) in [5, 5.41) is 0.839. The fraction of sp³-hybridized carbons (Fsp3) is 0.286. The maximum Gasteiger partial charge on any atom is 0.185 e. The molecule has 0 fully saturated rings. The van der Waals surface area contributed by atoms with E-state index < -0.39 is 0 Å². The van der Waals surface area contributed by atoms with E-state index in [-0.39, 0.29) is 18.1 Å². The molecule has 0 aliphatic carbocycles. The third-order valence-corrected chi connectivity index (χ3v) is 3.79. The minimum atomic E-state index is -0.383. The highest BCUT2D eigenvalue weighted by Crippen LogP contribution is 2.32. The van der Waals surface area contributed by atoms with E-state index in [9.17, 15) is 9.18 Å². The molecule has 96 valence electrons. The average molecular weight is 257 g/mol. The Morgan fingerprint density at radius 3 is 3.05 bits per heavy atom. The molecule has 0 atom stereocenters. The zero-order valence-corrected chi connectivity index (χ0v) is 10.5. The number of hydrogen-bond donors (Lipinski definition) is 1. The highest BCUT2D eigenvalue weighted by atomic mass is 19.1. The van der Waals surface area contributed by atoms with Gasteiger partial charge in [-0.25, -0.2) is 4.39 Å². The van der Waals surface area contributed by atoms with Gasteiger partial charge in [0, 0.05) is 40.8 Å². The smallest absolute Gasteiger partial charge is 0.185 e. The Morgan fingerprint density at radius 1 is 1.37 bits per heavy atom. The molecule has 0 amide bonds. The average Bonchev–Trinajstić information content (AvgIpc) is 2.64. The van der Waals surface area contributed by atoms with Gasteiger partial charge in [0.05, 0.1) is 5.71 Å². The molecule has 1 N–H and O–H groups in total. The maximum absolute atomic E-state index is 13.6. The lowest BCUT2D eigenvalue weighted by molar-refractivity contribution is 0.100. The Bertz CT molecular complexity index is 760. The minimum Gasteiger partial charge on any atom is -0.357 e. The summed E-state index contributed by atoms with van der Waals surface area (Å²) in [7, 11) is 2.01. The first-order chi connectivity index (χ1) is 9.13. The number of carbonyl (C=O) groups excluding carboxylic acids is 1. The standard InChI is InChI=1S/C14H12FN3O/c1-18-5-10-14-11(6-18)17-9-3-7(15)2-8(13(9)14)12(19)4-16-10/h2-3,17H,4-6H2,1H3. The Labute approximate surface area is 108 Å². The van der Waals surface area contributed by atoms with Gasteiger partial charge in [-0.15, -0.1) is 0 Å². The van der Waals surface area contributed by atoms with Crippen LogP contribution in [-0.4, -0.2) is 41.5 Å². The largest absolute Gasteiger partial charge is 0.357 e. The van der Waals surface area contributed by atoms with Crippen LogP contribution in [0.1, 0.15) is 21.6 Å². The molecule has 2 aliphatic rings. The Kier molecular flexibility index (Phi) is 2.01. The number of rotatable bonds is 0. The van der Waals surface area contributed by atoms with Crippen molar-refractivity contribution in [2.24, 2.45) is 4.99 Å². The summed E-state index contributed by atoms with van der Waals surface area (Å²) >= 11 is 0. The van der Waals surface area contributed by atoms with Crippen LogP contribution in [0.5, 0.6) is 0 Å². The number of ketones is 1. The summed E-state index contributed by atoms with van der Waals surface area (Å²) < 4.78 is 13.6. The molecule has 4 rings (SSSR count). The Morgan fingerprint density at radius 2 is 2.21 bits per heavy atom. The quantitative estimate of drug-likeness (QED) is 0.781. The number of carbonyl (C=O) groups is 1. The molecule has 0 saturated carbocycles. The number of halogens is 1. The van der Waals surface area contributed by atoms with Crippen LogP contribution >= 0.6 is 0 Å². The van der Waals surface area contributed by atoms with E-state index in [0.29, 0.717) is 11.1 Å². The molecule has 3 heterocycles. The summed E-state index contributed by atoms with van der Waals surface area (Å²) in [4.78, 5) is 21.9. The zero-order chi connectivity index (χ0) is 13.1. The van der Waals surface area contributed by atoms with Gasteiger partial charge in [0.25, 0.3) is 0 Å². The second-order valence-electron chi connectivity index (χ2n) is 5.21. The molecule has 1 aromatic carbocycles. The third kappa shape index (κ3) is 1.42. The number of hydrogen-bond acceptors (Lipinski definition) is 3. The Balaban J connectivity index is 2.17. The van der Waals surface area contributed by atoms with Crippen LogP contribution in [0.3, 0.4) is 0 Å². The number of nitrogens with zero attached hydrogens (tertiary/aromatic N) is 2. The predicted molar refractivity (Wildman–Crippen MR) is 70.3 cm³/mol. The van der Waals surface area contributed by atoms with Crippen LogP contribution in [0, 0.1) is 5.82 Å². The monoisotopic (exact) mass is 257 g/mol. The van der Waals surface area contributed by atoms with Gasteiger partial charge in [-0.3, -0.25) is 14.7 Å². The van der Waals surface area contributed by atoms with Crippen LogP contribution in [0.15, 0.2) is 17.1 Å². The number of aromatic amines is 1. The summed E-state index contributed by atoms with van der Waals surface area (Å²) in [5.41, 5.74) is 4.10. The van der Waals surface area contributed by atoms with E-state index in [1.165, 1.54) is 12.1 Å². The third-order valence-electron chi connectivity index (χ3n) is 3.79. The number of likely N-dealkylation sites (N-methyl/N-ethyl adjacent to an activating group) is 1. The lowest BCUT2D eigenvalue weighted by Crippen LogP contribution is -2.32. The minimum absolute atomic E-state index is 0.107. The van der Waals surface area contributed by atoms with Crippen LogP contribution in [0.25, 0.3) is 10.9 Å². The van der Waals surface area contributed by atoms with Crippen LogP contribution < -0.4 is 0 Å². The van der Waals surface area contributed by atoms with Gasteiger partial charge in [0.1, 0.15) is 12.4 Å². The van der Waals surface area contributed by atoms with E-state index in [0.717, 1.165) is 35.4 Å². The molecule has 2 aromatic rings. The van der Waals surface area contributed by atoms with Gasteiger partial charge in [0.15, 0.2) is 5.78 Å². The number of benzene rings is 1. The highest BCUT2D eigenvalue weighted by molar-refractivity contribution is 6.22. The maximum atomic E-state index is 13.6. The second-order valence-corrected chi connectivity index (χ2v) is 5.21. The molecule has 5 heteroatoms. The highest BCUT2D eigenvalue weighted by Gasteiger charge is 2.29. The van der Waals surface area contributed by atoms with Gasteiger partial charge >= 0.3 is 0 Å². The van der Waals surface area contributed by atoms with E-state index >= 15 is 0 Å². The van der Waals surface area contributed by atoms with E-state index in [1.54, 1.807) is 0 Å². The summed E-state index contributed by atoms with van der Waals surface area (Å²) in [6.45, 7) is 1.60. The lowest BCUT2D eigenvalue weighted by atomic mass is 9.98. The topological polar surface area (TPSA) is 48.5 Å². The molecule has 0 radical (unpaired) electrons. The normalized spacial score (nSPS) is 18.6. The van der Waals surface area contributed by atoms with Gasteiger partial charge in [0.2, 0.25) is 0 Å². The first-order valence-electron chi connectivity index (χ1n) is 6.23. The molecule has 2 aliphatic heterocycles. The number of nitrogens with one attached hydrogen (secondary N) is 1. The molecule has 1 aromatic heterocycles. The van der Waals surface area contributed by atoms with Gasteiger partial charge < -0.3 is 4.98 Å². The first-order valence-corrected chi connectivity index (χ1v) is 6.23. The van der Waals surface area contributed by atoms with Crippen molar-refractivity contribution in [2.45, 2.75) is 6.54 Å². The van der Waals surface area contributed by atoms with Crippen molar-refractivity contribution in [1.29, 1.82) is 0 Å². The van der Waals surface area contributed by atoms with Crippen molar-refractivity contribution in [3.8, 4) is 0 Å². The van der Waals surface area contributed by atoms with Gasteiger partial charge in [-0.1, -0.05) is 0 Å². The molecule has 0 spiro atoms. The van der Waals surface area contributed by atoms with Crippen molar-refractivity contribution < 1.29 is 9.18 Å². The summed E-state index contributed by atoms with van der Waals surface area (Å²) in [6.07, 6.45) is 0. The number of aromatic nitrogens is 1. The van der Waals surface area contributed by atoms with Crippen LogP contribution in [-0.2, 0) is 6.54 Å². The molecule has 0 bridgehead atoms. The van der Waals surface area contributed by atoms with E-state index in [2.05, 4.69) is 14.9 Å². The van der Waals surface area contributed by atoms with Crippen molar-refractivity contribution in [1.82, 2.24) is 9.88 Å². The van der Waals surface area contributed by atoms with Crippen LogP contribution in [0.2, 0.25) is 0 Å². The van der Waals surface area contributed by atoms with Crippen molar-refractivity contribution in [3.05, 3.63) is 34.8 Å². The fourth-order valence-electron chi connectivity index (χ4n) is 3.05. The van der Waals surface area contributed by atoms with Crippen LogP contribution in [0.4, 0.5) is 4.39 Å². The first kappa shape index (κ1) is 10.9. The molecule has 19 heavy (non-hydrogen) atoms. The van der Waals surface area contributed by atoms with E-state index in [1.807, 2.05) is 7.05 Å². The van der Waals surface area contributed by atoms with Gasteiger partial charge in [-0.2, -0.15) is 0 Å². The zero-order valence-electron chi connectivity index (χ0n) is 10.5. The summed E-state index contributed by atoms with van der Waals surface area (Å²) in [5.74, 6) is -0.498. The molecule has 0 unspecified atom stereocenters. The fourth-order valence-corrected chi connectivity index (χ4v) is 3.05. The second kappa shape index (κ2) is 3.51. The molecule has 0 saturated heterocycles. The number of Topliss-reactive ketones (excluding diaryl/α,β-unsaturated/α-hetero) is 1. The molecular formula is C14H12FN3O. The number of H-pyrrole nitrogens is 1. The SMILES string of the molecule is CN1CC2=NCC(=O)c3cc(F)cc4[nH]c(c2c34)C1. The van der Waals surface area contributed by atoms with Gasteiger partial charge in [-0.05, 0) is 19.2 Å². The van der Waals surface area contributed by atoms with Crippen molar-refractivity contribution >= 4 is 22.4 Å². The van der Waals surface area contributed by atoms with E-state index in [4.69, 9.17) is 0 Å². The Hall–Kier alpha value is -2.01. The van der Waals surface area contributed by atoms with Crippen molar-refractivity contribution in [2.75, 3.05) is 20.1 Å². The lowest BCUT2D eigenvalue weighted by Gasteiger charge is -2.23. The summed E-state index contributed by atoms with van der Waals surface area (Å²) in [6, 6.07) is 2.78.